The fourth-order valence-electron chi connectivity index (χ4n) is 1.41. The number of nitrogens with zero attached hydrogens (tertiary/aromatic N) is 1. The van der Waals surface area contributed by atoms with E-state index in [1.165, 1.54) is 0 Å². The summed E-state index contributed by atoms with van der Waals surface area (Å²) in [6, 6.07) is 8.96. The number of nitrogens with two attached hydrogens (primary N) is 1. The number of nitrogen functional groups attached to an aromatic ring is 1. The van der Waals surface area contributed by atoms with Gasteiger partial charge in [-0.2, -0.15) is 0 Å². The lowest BCUT2D eigenvalue weighted by Crippen LogP contribution is -2.10. The molecule has 1 aromatic heterocycles. The van der Waals surface area contributed by atoms with E-state index in [2.05, 4.69) is 20.9 Å². The van der Waals surface area contributed by atoms with Gasteiger partial charge in [-0.25, -0.2) is 4.98 Å². The maximum Gasteiger partial charge on any atom is 0.166 e. The molecule has 0 bridgehead atoms. The van der Waals surface area contributed by atoms with Crippen molar-refractivity contribution in [3.05, 3.63) is 46.0 Å². The molecule has 1 heterocycles. The van der Waals surface area contributed by atoms with E-state index in [0.717, 1.165) is 4.47 Å². The van der Waals surface area contributed by atoms with E-state index in [1.54, 1.807) is 24.4 Å². The number of hydrogen-bond donors (Lipinski definition) is 1. The van der Waals surface area contributed by atoms with E-state index in [-0.39, 0.29) is 0 Å². The fourth-order valence-corrected chi connectivity index (χ4v) is 1.91. The highest BCUT2D eigenvalue weighted by Gasteiger charge is 2.03. The van der Waals surface area contributed by atoms with Crippen molar-refractivity contribution in [3.63, 3.8) is 0 Å². The smallest absolute Gasteiger partial charge is 0.166 e. The molecular formula is C13H12BrClN2O2. The van der Waals surface area contributed by atoms with E-state index in [4.69, 9.17) is 26.8 Å². The van der Waals surface area contributed by atoms with E-state index in [1.807, 2.05) is 12.1 Å². The van der Waals surface area contributed by atoms with Crippen molar-refractivity contribution in [3.8, 4) is 11.5 Å². The van der Waals surface area contributed by atoms with E-state index in [9.17, 15) is 0 Å². The SMILES string of the molecule is Nc1ncc(Br)cc1OCCOc1cccc(Cl)c1. The monoisotopic (exact) mass is 342 g/mol. The summed E-state index contributed by atoms with van der Waals surface area (Å²) < 4.78 is 11.8. The molecule has 100 valence electrons. The summed E-state index contributed by atoms with van der Waals surface area (Å²) in [5.41, 5.74) is 5.69. The third-order valence-corrected chi connectivity index (χ3v) is 2.92. The first-order valence-corrected chi connectivity index (χ1v) is 6.74. The van der Waals surface area contributed by atoms with Crippen molar-refractivity contribution in [1.29, 1.82) is 0 Å². The molecule has 6 heteroatoms. The largest absolute Gasteiger partial charge is 0.490 e. The van der Waals surface area contributed by atoms with Gasteiger partial charge in [-0.15, -0.1) is 0 Å². The lowest BCUT2D eigenvalue weighted by molar-refractivity contribution is 0.217. The summed E-state index contributed by atoms with van der Waals surface area (Å²) in [4.78, 5) is 3.97. The Morgan fingerprint density at radius 1 is 1.21 bits per heavy atom. The van der Waals surface area contributed by atoms with Gasteiger partial charge in [0.05, 0.1) is 0 Å². The molecule has 4 nitrogen and oxygen atoms in total. The molecule has 0 atom stereocenters. The molecule has 0 radical (unpaired) electrons. The summed E-state index contributed by atoms with van der Waals surface area (Å²) in [6.07, 6.45) is 1.62. The first-order chi connectivity index (χ1) is 9.15. The summed E-state index contributed by atoms with van der Waals surface area (Å²) in [5, 5.41) is 0.638. The van der Waals surface area contributed by atoms with Crippen LogP contribution in [-0.2, 0) is 0 Å². The average molecular weight is 344 g/mol. The van der Waals surface area contributed by atoms with Gasteiger partial charge < -0.3 is 15.2 Å². The molecule has 0 unspecified atom stereocenters. The molecular weight excluding hydrogens is 332 g/mol. The molecule has 0 spiro atoms. The van der Waals surface area contributed by atoms with Crippen molar-refractivity contribution in [2.24, 2.45) is 0 Å². The van der Waals surface area contributed by atoms with Crippen LogP contribution in [0.5, 0.6) is 11.5 Å². The Labute approximate surface area is 124 Å². The Hall–Kier alpha value is -1.46. The molecule has 2 rings (SSSR count). The Kier molecular flexibility index (Phi) is 4.87. The van der Waals surface area contributed by atoms with Crippen molar-refractivity contribution in [2.75, 3.05) is 18.9 Å². The number of benzene rings is 1. The third-order valence-electron chi connectivity index (χ3n) is 2.25. The minimum atomic E-state index is 0.353. The van der Waals surface area contributed by atoms with Crippen molar-refractivity contribution < 1.29 is 9.47 Å². The predicted molar refractivity (Wildman–Crippen MR) is 78.8 cm³/mol. The molecule has 2 aromatic rings. The van der Waals surface area contributed by atoms with Crippen LogP contribution in [0.4, 0.5) is 5.82 Å². The van der Waals surface area contributed by atoms with Crippen LogP contribution >= 0.6 is 27.5 Å². The van der Waals surface area contributed by atoms with Gasteiger partial charge in [0.2, 0.25) is 0 Å². The van der Waals surface area contributed by atoms with Crippen LogP contribution < -0.4 is 15.2 Å². The van der Waals surface area contributed by atoms with Crippen LogP contribution in [0.2, 0.25) is 5.02 Å². The predicted octanol–water partition coefficient (Wildman–Crippen LogP) is 3.54. The third kappa shape index (κ3) is 4.29. The van der Waals surface area contributed by atoms with Gasteiger partial charge in [0.15, 0.2) is 11.6 Å². The number of aromatic nitrogens is 1. The maximum atomic E-state index is 5.85. The van der Waals surface area contributed by atoms with Crippen molar-refractivity contribution >= 4 is 33.3 Å². The second-order valence-corrected chi connectivity index (χ2v) is 5.04. The Morgan fingerprint density at radius 3 is 2.79 bits per heavy atom. The molecule has 2 N–H and O–H groups in total. The average Bonchev–Trinajstić information content (AvgIpc) is 2.39. The number of hydrogen-bond acceptors (Lipinski definition) is 4. The Balaban J connectivity index is 1.82. The van der Waals surface area contributed by atoms with Crippen LogP contribution in [0.3, 0.4) is 0 Å². The number of rotatable bonds is 5. The number of anilines is 1. The minimum Gasteiger partial charge on any atom is -0.490 e. The van der Waals surface area contributed by atoms with Gasteiger partial charge >= 0.3 is 0 Å². The van der Waals surface area contributed by atoms with Crippen molar-refractivity contribution in [2.45, 2.75) is 0 Å². The zero-order valence-electron chi connectivity index (χ0n) is 9.98. The maximum absolute atomic E-state index is 5.85. The second-order valence-electron chi connectivity index (χ2n) is 3.69. The molecule has 0 fully saturated rings. The highest BCUT2D eigenvalue weighted by atomic mass is 79.9. The second kappa shape index (κ2) is 6.63. The van der Waals surface area contributed by atoms with E-state index < -0.39 is 0 Å². The van der Waals surface area contributed by atoms with Crippen molar-refractivity contribution in [1.82, 2.24) is 4.98 Å². The minimum absolute atomic E-state index is 0.353. The quantitative estimate of drug-likeness (QED) is 0.844. The molecule has 0 aliphatic heterocycles. The summed E-state index contributed by atoms with van der Waals surface area (Å²) in [7, 11) is 0. The van der Waals surface area contributed by atoms with E-state index in [0.29, 0.717) is 35.6 Å². The van der Waals surface area contributed by atoms with Gasteiger partial charge in [0.25, 0.3) is 0 Å². The normalized spacial score (nSPS) is 10.2. The molecule has 0 saturated heterocycles. The zero-order chi connectivity index (χ0) is 13.7. The molecule has 0 amide bonds. The van der Waals surface area contributed by atoms with Gasteiger partial charge in [0.1, 0.15) is 19.0 Å². The van der Waals surface area contributed by atoms with E-state index >= 15 is 0 Å². The highest BCUT2D eigenvalue weighted by molar-refractivity contribution is 9.10. The fraction of sp³-hybridized carbons (Fsp3) is 0.154. The molecule has 1 aromatic carbocycles. The first kappa shape index (κ1) is 14.0. The Bertz CT molecular complexity index is 566. The van der Waals surface area contributed by atoms with Gasteiger partial charge in [-0.3, -0.25) is 0 Å². The summed E-state index contributed by atoms with van der Waals surface area (Å²) in [6.45, 7) is 0.765. The van der Waals surface area contributed by atoms with Crippen LogP contribution in [0, 0.1) is 0 Å². The standard InChI is InChI=1S/C13H12BrClN2O2/c14-9-6-12(13(16)17-8-9)19-5-4-18-11-3-1-2-10(15)7-11/h1-3,6-8H,4-5H2,(H2,16,17). The lowest BCUT2D eigenvalue weighted by atomic mass is 10.3. The van der Waals surface area contributed by atoms with Gasteiger partial charge in [-0.05, 0) is 40.2 Å². The van der Waals surface area contributed by atoms with Crippen LogP contribution in [0.1, 0.15) is 0 Å². The number of pyridine rings is 1. The Morgan fingerprint density at radius 2 is 2.00 bits per heavy atom. The first-order valence-electron chi connectivity index (χ1n) is 5.57. The zero-order valence-corrected chi connectivity index (χ0v) is 12.3. The molecule has 0 aliphatic rings. The van der Waals surface area contributed by atoms with Crippen LogP contribution in [-0.4, -0.2) is 18.2 Å². The summed E-state index contributed by atoms with van der Waals surface area (Å²) in [5.74, 6) is 1.59. The molecule has 0 aliphatic carbocycles. The number of halogens is 2. The van der Waals surface area contributed by atoms with Crippen LogP contribution in [0.15, 0.2) is 41.0 Å². The van der Waals surface area contributed by atoms with Gasteiger partial charge in [0, 0.05) is 15.7 Å². The van der Waals surface area contributed by atoms with Gasteiger partial charge in [-0.1, -0.05) is 17.7 Å². The number of ether oxygens (including phenoxy) is 2. The lowest BCUT2D eigenvalue weighted by Gasteiger charge is -2.10. The highest BCUT2D eigenvalue weighted by Crippen LogP contribution is 2.23. The topological polar surface area (TPSA) is 57.4 Å². The molecule has 19 heavy (non-hydrogen) atoms. The molecule has 0 saturated carbocycles. The summed E-state index contributed by atoms with van der Waals surface area (Å²) >= 11 is 9.16. The van der Waals surface area contributed by atoms with Crippen LogP contribution in [0.25, 0.3) is 0 Å².